The smallest absolute Gasteiger partial charge is 0.338 e. The molecule has 0 aliphatic carbocycles. The minimum absolute atomic E-state index is 0.0356. The lowest BCUT2D eigenvalue weighted by molar-refractivity contribution is -0.116. The number of anilines is 1. The highest BCUT2D eigenvalue weighted by atomic mass is 16.5. The first-order valence-corrected chi connectivity index (χ1v) is 8.69. The zero-order valence-electron chi connectivity index (χ0n) is 15.1. The molecule has 25 heavy (non-hydrogen) atoms. The second-order valence-electron chi connectivity index (χ2n) is 5.97. The highest BCUT2D eigenvalue weighted by molar-refractivity contribution is 5.94. The molecule has 0 spiro atoms. The highest BCUT2D eigenvalue weighted by Gasteiger charge is 2.10. The van der Waals surface area contributed by atoms with Crippen LogP contribution in [0.3, 0.4) is 0 Å². The third-order valence-corrected chi connectivity index (χ3v) is 4.08. The maximum Gasteiger partial charge on any atom is 0.338 e. The molecule has 2 aromatic carbocycles. The lowest BCUT2D eigenvalue weighted by Crippen LogP contribution is -2.14. The van der Waals surface area contributed by atoms with Gasteiger partial charge >= 0.3 is 5.97 Å². The minimum Gasteiger partial charge on any atom is -0.462 e. The Morgan fingerprint density at radius 1 is 1.00 bits per heavy atom. The van der Waals surface area contributed by atoms with Crippen molar-refractivity contribution in [2.75, 3.05) is 11.9 Å². The van der Waals surface area contributed by atoms with Gasteiger partial charge < -0.3 is 10.1 Å². The largest absolute Gasteiger partial charge is 0.462 e. The molecule has 0 bridgehead atoms. The van der Waals surface area contributed by atoms with Gasteiger partial charge in [-0.2, -0.15) is 0 Å². The molecule has 4 nitrogen and oxygen atoms in total. The van der Waals surface area contributed by atoms with E-state index in [1.165, 1.54) is 5.56 Å². The van der Waals surface area contributed by atoms with Crippen molar-refractivity contribution in [3.8, 4) is 0 Å². The molecule has 0 unspecified atom stereocenters. The molecular formula is C21H25NO3. The molecule has 4 heteroatoms. The summed E-state index contributed by atoms with van der Waals surface area (Å²) in [6.07, 6.45) is 2.14. The fraction of sp³-hybridized carbons (Fsp3) is 0.333. The normalized spacial score (nSPS) is 10.4. The molecule has 0 aliphatic rings. The summed E-state index contributed by atoms with van der Waals surface area (Å²) in [6, 6.07) is 13.5. The number of esters is 1. The lowest BCUT2D eigenvalue weighted by Gasteiger charge is -2.10. The number of nitrogens with one attached hydrogen (secondary N) is 1. The maximum atomic E-state index is 12.2. The third kappa shape index (κ3) is 5.45. The fourth-order valence-corrected chi connectivity index (χ4v) is 2.56. The van der Waals surface area contributed by atoms with E-state index < -0.39 is 0 Å². The summed E-state index contributed by atoms with van der Waals surface area (Å²) < 4.78 is 4.98. The summed E-state index contributed by atoms with van der Waals surface area (Å²) >= 11 is 0. The Labute approximate surface area is 149 Å². The van der Waals surface area contributed by atoms with Gasteiger partial charge in [0.1, 0.15) is 0 Å². The van der Waals surface area contributed by atoms with Gasteiger partial charge in [0.2, 0.25) is 5.91 Å². The Morgan fingerprint density at radius 3 is 2.28 bits per heavy atom. The van der Waals surface area contributed by atoms with E-state index in [1.54, 1.807) is 25.1 Å². The lowest BCUT2D eigenvalue weighted by atomic mass is 10.1. The topological polar surface area (TPSA) is 55.4 Å². The average molecular weight is 339 g/mol. The van der Waals surface area contributed by atoms with Crippen LogP contribution in [0.25, 0.3) is 0 Å². The quantitative estimate of drug-likeness (QED) is 0.765. The van der Waals surface area contributed by atoms with Gasteiger partial charge in [-0.1, -0.05) is 31.2 Å². The summed E-state index contributed by atoms with van der Waals surface area (Å²) in [5.74, 6) is -0.384. The number of carbonyl (C=O) groups excluding carboxylic acids is 2. The molecular weight excluding hydrogens is 314 g/mol. The van der Waals surface area contributed by atoms with Gasteiger partial charge in [-0.25, -0.2) is 4.79 Å². The van der Waals surface area contributed by atoms with Crippen LogP contribution in [0.1, 0.15) is 47.3 Å². The van der Waals surface area contributed by atoms with Crippen molar-refractivity contribution in [2.24, 2.45) is 0 Å². The van der Waals surface area contributed by atoms with E-state index >= 15 is 0 Å². The van der Waals surface area contributed by atoms with E-state index in [0.29, 0.717) is 25.0 Å². The molecule has 0 saturated heterocycles. The van der Waals surface area contributed by atoms with Crippen molar-refractivity contribution in [1.82, 2.24) is 0 Å². The molecule has 132 valence electrons. The second-order valence-corrected chi connectivity index (χ2v) is 5.97. The van der Waals surface area contributed by atoms with E-state index in [1.807, 2.05) is 6.92 Å². The Balaban J connectivity index is 1.92. The van der Waals surface area contributed by atoms with Crippen LogP contribution in [0, 0.1) is 6.92 Å². The summed E-state index contributed by atoms with van der Waals surface area (Å²) in [5, 5.41) is 2.91. The van der Waals surface area contributed by atoms with E-state index in [0.717, 1.165) is 23.2 Å². The van der Waals surface area contributed by atoms with Gasteiger partial charge in [-0.15, -0.1) is 0 Å². The summed E-state index contributed by atoms with van der Waals surface area (Å²) in [4.78, 5) is 23.9. The second kappa shape index (κ2) is 9.02. The van der Waals surface area contributed by atoms with Crippen molar-refractivity contribution < 1.29 is 14.3 Å². The number of amides is 1. The molecule has 0 aliphatic heterocycles. The fourth-order valence-electron chi connectivity index (χ4n) is 2.56. The van der Waals surface area contributed by atoms with Crippen LogP contribution < -0.4 is 5.32 Å². The SMILES string of the molecule is CCOC(=O)c1ccc(NC(=O)CCc2ccc(CC)cc2)c(C)c1. The summed E-state index contributed by atoms with van der Waals surface area (Å²) in [7, 11) is 0. The van der Waals surface area contributed by atoms with Gasteiger partial charge in [0.25, 0.3) is 0 Å². The predicted octanol–water partition coefficient (Wildman–Crippen LogP) is 4.31. The Kier molecular flexibility index (Phi) is 6.75. The number of aryl methyl sites for hydroxylation is 3. The molecule has 2 aromatic rings. The minimum atomic E-state index is -0.348. The third-order valence-electron chi connectivity index (χ3n) is 4.08. The van der Waals surface area contributed by atoms with E-state index in [2.05, 4.69) is 36.5 Å². The van der Waals surface area contributed by atoms with Crippen molar-refractivity contribution in [3.63, 3.8) is 0 Å². The van der Waals surface area contributed by atoms with Gasteiger partial charge in [-0.05, 0) is 61.6 Å². The molecule has 1 N–H and O–H groups in total. The van der Waals surface area contributed by atoms with Gasteiger partial charge in [0.15, 0.2) is 0 Å². The standard InChI is InChI=1S/C21H25NO3/c1-4-16-6-8-17(9-7-16)10-13-20(23)22-19-12-11-18(14-15(19)3)21(24)25-5-2/h6-9,11-12,14H,4-5,10,13H2,1-3H3,(H,22,23). The van der Waals surface area contributed by atoms with Crippen LogP contribution in [-0.4, -0.2) is 18.5 Å². The number of rotatable bonds is 7. The molecule has 1 amide bonds. The Bertz CT molecular complexity index is 735. The molecule has 0 aromatic heterocycles. The van der Waals surface area contributed by atoms with Gasteiger partial charge in [0, 0.05) is 12.1 Å². The average Bonchev–Trinajstić information content (AvgIpc) is 2.62. The van der Waals surface area contributed by atoms with Crippen molar-refractivity contribution in [2.45, 2.75) is 40.0 Å². The van der Waals surface area contributed by atoms with Crippen LogP contribution in [0.2, 0.25) is 0 Å². The van der Waals surface area contributed by atoms with Crippen LogP contribution in [0.15, 0.2) is 42.5 Å². The summed E-state index contributed by atoms with van der Waals surface area (Å²) in [5.41, 5.74) is 4.51. The van der Waals surface area contributed by atoms with E-state index in [4.69, 9.17) is 4.74 Å². The number of hydrogen-bond donors (Lipinski definition) is 1. The monoisotopic (exact) mass is 339 g/mol. The Hall–Kier alpha value is -2.62. The van der Waals surface area contributed by atoms with Crippen LogP contribution in [0.4, 0.5) is 5.69 Å². The molecule has 0 fully saturated rings. The Morgan fingerprint density at radius 2 is 1.68 bits per heavy atom. The van der Waals surface area contributed by atoms with Gasteiger partial charge in [0.05, 0.1) is 12.2 Å². The number of hydrogen-bond acceptors (Lipinski definition) is 3. The molecule has 0 heterocycles. The van der Waals surface area contributed by atoms with Crippen LogP contribution in [0.5, 0.6) is 0 Å². The zero-order valence-corrected chi connectivity index (χ0v) is 15.1. The van der Waals surface area contributed by atoms with Crippen LogP contribution >= 0.6 is 0 Å². The first kappa shape index (κ1) is 18.7. The first-order valence-electron chi connectivity index (χ1n) is 8.69. The number of benzene rings is 2. The number of ether oxygens (including phenoxy) is 1. The summed E-state index contributed by atoms with van der Waals surface area (Å²) in [6.45, 7) is 6.10. The molecule has 2 rings (SSSR count). The van der Waals surface area contributed by atoms with E-state index in [-0.39, 0.29) is 11.9 Å². The zero-order chi connectivity index (χ0) is 18.2. The first-order chi connectivity index (χ1) is 12.0. The van der Waals surface area contributed by atoms with Crippen molar-refractivity contribution in [3.05, 3.63) is 64.7 Å². The van der Waals surface area contributed by atoms with Gasteiger partial charge in [-0.3, -0.25) is 4.79 Å². The highest BCUT2D eigenvalue weighted by Crippen LogP contribution is 2.18. The van der Waals surface area contributed by atoms with E-state index in [9.17, 15) is 9.59 Å². The molecule has 0 radical (unpaired) electrons. The maximum absolute atomic E-state index is 12.2. The molecule has 0 saturated carbocycles. The number of carbonyl (C=O) groups is 2. The van der Waals surface area contributed by atoms with Crippen LogP contribution in [-0.2, 0) is 22.4 Å². The predicted molar refractivity (Wildman–Crippen MR) is 99.9 cm³/mol. The van der Waals surface area contributed by atoms with Crippen molar-refractivity contribution >= 4 is 17.6 Å². The molecule has 0 atom stereocenters. The van der Waals surface area contributed by atoms with Crippen molar-refractivity contribution in [1.29, 1.82) is 0 Å².